The van der Waals surface area contributed by atoms with Gasteiger partial charge in [-0.25, -0.2) is 0 Å². The van der Waals surface area contributed by atoms with Crippen molar-refractivity contribution in [1.82, 2.24) is 5.32 Å². The number of benzene rings is 1. The fourth-order valence-corrected chi connectivity index (χ4v) is 3.18. The lowest BCUT2D eigenvalue weighted by Gasteiger charge is -2.10. The maximum atomic E-state index is 12.2. The lowest BCUT2D eigenvalue weighted by Crippen LogP contribution is -2.26. The van der Waals surface area contributed by atoms with Crippen LogP contribution in [-0.4, -0.2) is 25.7 Å². The molecule has 1 aliphatic carbocycles. The predicted octanol–water partition coefficient (Wildman–Crippen LogP) is 4.34. The van der Waals surface area contributed by atoms with Gasteiger partial charge in [0.15, 0.2) is 0 Å². The second kappa shape index (κ2) is 8.05. The highest BCUT2D eigenvalue weighted by molar-refractivity contribution is 5.88. The maximum absolute atomic E-state index is 12.2. The van der Waals surface area contributed by atoms with Crippen LogP contribution in [0.1, 0.15) is 55.7 Å². The lowest BCUT2D eigenvalue weighted by atomic mass is 9.95. The van der Waals surface area contributed by atoms with Gasteiger partial charge in [-0.05, 0) is 61.3 Å². The van der Waals surface area contributed by atoms with Gasteiger partial charge in [-0.2, -0.15) is 0 Å². The van der Waals surface area contributed by atoms with Crippen molar-refractivity contribution in [1.29, 1.82) is 0 Å². The van der Waals surface area contributed by atoms with E-state index in [-0.39, 0.29) is 5.91 Å². The first kappa shape index (κ1) is 18.0. The second-order valence-corrected chi connectivity index (χ2v) is 7.52. The number of nitrogens with one attached hydrogen (secondary N) is 1. The van der Waals surface area contributed by atoms with Crippen molar-refractivity contribution in [3.8, 4) is 0 Å². The number of furan rings is 1. The zero-order valence-electron chi connectivity index (χ0n) is 15.6. The van der Waals surface area contributed by atoms with Gasteiger partial charge >= 0.3 is 0 Å². The van der Waals surface area contributed by atoms with Gasteiger partial charge in [0.1, 0.15) is 5.58 Å². The molecule has 0 saturated heterocycles. The Kier molecular flexibility index (Phi) is 5.79. The molecule has 1 aliphatic rings. The van der Waals surface area contributed by atoms with Crippen molar-refractivity contribution in [2.24, 2.45) is 5.92 Å². The van der Waals surface area contributed by atoms with Crippen LogP contribution in [0.4, 0.5) is 0 Å². The molecule has 1 fully saturated rings. The Hall–Kier alpha value is -1.81. The molecule has 25 heavy (non-hydrogen) atoms. The number of amides is 1. The van der Waals surface area contributed by atoms with Crippen LogP contribution in [0.3, 0.4) is 0 Å². The topological polar surface area (TPSA) is 51.5 Å². The third-order valence-electron chi connectivity index (χ3n) is 4.85. The summed E-state index contributed by atoms with van der Waals surface area (Å²) in [7, 11) is 0. The normalized spacial score (nSPS) is 14.4. The van der Waals surface area contributed by atoms with Gasteiger partial charge < -0.3 is 14.5 Å². The molecule has 0 bridgehead atoms. The smallest absolute Gasteiger partial charge is 0.224 e. The van der Waals surface area contributed by atoms with E-state index in [2.05, 4.69) is 38.2 Å². The fraction of sp³-hybridized carbons (Fsp3) is 0.571. The first-order valence-corrected chi connectivity index (χ1v) is 9.39. The molecule has 1 aromatic heterocycles. The first-order chi connectivity index (χ1) is 12.0. The van der Waals surface area contributed by atoms with E-state index in [4.69, 9.17) is 9.15 Å². The summed E-state index contributed by atoms with van der Waals surface area (Å²) in [6.45, 7) is 8.75. The molecule has 1 N–H and O–H groups in total. The van der Waals surface area contributed by atoms with E-state index < -0.39 is 0 Å². The fourth-order valence-electron chi connectivity index (χ4n) is 3.18. The Balaban J connectivity index is 1.51. The molecule has 1 amide bonds. The van der Waals surface area contributed by atoms with Crippen molar-refractivity contribution in [3.05, 3.63) is 35.1 Å². The number of aryl methyl sites for hydroxylation is 1. The summed E-state index contributed by atoms with van der Waals surface area (Å²) in [5.41, 5.74) is 4.36. The number of hydrogen-bond acceptors (Lipinski definition) is 3. The zero-order valence-corrected chi connectivity index (χ0v) is 15.6. The van der Waals surface area contributed by atoms with Crippen LogP contribution < -0.4 is 5.32 Å². The summed E-state index contributed by atoms with van der Waals surface area (Å²) >= 11 is 0. The molecule has 0 radical (unpaired) electrons. The Bertz CT molecular complexity index is 728. The van der Waals surface area contributed by atoms with Gasteiger partial charge in [0.25, 0.3) is 0 Å². The van der Waals surface area contributed by atoms with E-state index in [1.807, 2.05) is 0 Å². The van der Waals surface area contributed by atoms with Gasteiger partial charge in [0.05, 0.1) is 12.7 Å². The number of ether oxygens (including phenoxy) is 1. The minimum atomic E-state index is 0.0385. The maximum Gasteiger partial charge on any atom is 0.224 e. The minimum absolute atomic E-state index is 0.0385. The Morgan fingerprint density at radius 2 is 2.16 bits per heavy atom. The standard InChI is InChI=1S/C21H29NO3/c1-14(2)18-11-19-17(13-25-20(19)9-15(18)3)10-21(23)22-7-4-8-24-12-16-5-6-16/h9,11,13-14,16H,4-8,10,12H2,1-3H3,(H,22,23). The molecule has 1 heterocycles. The second-order valence-electron chi connectivity index (χ2n) is 7.52. The number of rotatable bonds is 9. The first-order valence-electron chi connectivity index (χ1n) is 9.39. The van der Waals surface area contributed by atoms with Gasteiger partial charge in [-0.1, -0.05) is 13.8 Å². The average molecular weight is 343 g/mol. The summed E-state index contributed by atoms with van der Waals surface area (Å²) in [5, 5.41) is 4.03. The number of carbonyl (C=O) groups excluding carboxylic acids is 1. The summed E-state index contributed by atoms with van der Waals surface area (Å²) in [5.74, 6) is 1.29. The van der Waals surface area contributed by atoms with Crippen molar-refractivity contribution in [3.63, 3.8) is 0 Å². The van der Waals surface area contributed by atoms with Crippen LogP contribution in [0.25, 0.3) is 11.0 Å². The molecule has 3 rings (SSSR count). The van der Waals surface area contributed by atoms with Crippen LogP contribution in [0, 0.1) is 12.8 Å². The molecule has 1 saturated carbocycles. The largest absolute Gasteiger partial charge is 0.464 e. The summed E-state index contributed by atoms with van der Waals surface area (Å²) < 4.78 is 11.2. The molecule has 0 atom stereocenters. The average Bonchev–Trinajstić information content (AvgIpc) is 3.31. The number of hydrogen-bond donors (Lipinski definition) is 1. The van der Waals surface area contributed by atoms with E-state index in [0.29, 0.717) is 18.9 Å². The van der Waals surface area contributed by atoms with Crippen molar-refractivity contribution in [2.75, 3.05) is 19.8 Å². The van der Waals surface area contributed by atoms with Crippen LogP contribution in [0.15, 0.2) is 22.8 Å². The molecule has 2 aromatic rings. The van der Waals surface area contributed by atoms with Crippen LogP contribution in [-0.2, 0) is 16.0 Å². The Morgan fingerprint density at radius 3 is 2.88 bits per heavy atom. The van der Waals surface area contributed by atoms with E-state index in [0.717, 1.165) is 42.1 Å². The van der Waals surface area contributed by atoms with E-state index in [1.165, 1.54) is 24.0 Å². The monoisotopic (exact) mass is 343 g/mol. The van der Waals surface area contributed by atoms with E-state index in [9.17, 15) is 4.79 Å². The highest BCUT2D eigenvalue weighted by Gasteiger charge is 2.20. The molecule has 4 nitrogen and oxygen atoms in total. The molecular weight excluding hydrogens is 314 g/mol. The van der Waals surface area contributed by atoms with Crippen LogP contribution >= 0.6 is 0 Å². The van der Waals surface area contributed by atoms with Crippen molar-refractivity contribution in [2.45, 2.75) is 52.4 Å². The Morgan fingerprint density at radius 1 is 1.36 bits per heavy atom. The minimum Gasteiger partial charge on any atom is -0.464 e. The summed E-state index contributed by atoms with van der Waals surface area (Å²) in [4.78, 5) is 12.2. The van der Waals surface area contributed by atoms with Gasteiger partial charge in [0.2, 0.25) is 5.91 Å². The van der Waals surface area contributed by atoms with Gasteiger partial charge in [0, 0.05) is 30.7 Å². The quantitative estimate of drug-likeness (QED) is 0.689. The lowest BCUT2D eigenvalue weighted by molar-refractivity contribution is -0.120. The number of fused-ring (bicyclic) bond motifs is 1. The summed E-state index contributed by atoms with van der Waals surface area (Å²) in [6.07, 6.45) is 5.56. The predicted molar refractivity (Wildman–Crippen MR) is 99.9 cm³/mol. The molecular formula is C21H29NO3. The highest BCUT2D eigenvalue weighted by atomic mass is 16.5. The molecule has 1 aromatic carbocycles. The SMILES string of the molecule is Cc1cc2occ(CC(=O)NCCCOCC3CC3)c2cc1C(C)C. The third-order valence-corrected chi connectivity index (χ3v) is 4.85. The highest BCUT2D eigenvalue weighted by Crippen LogP contribution is 2.29. The Labute approximate surface area is 149 Å². The van der Waals surface area contributed by atoms with Crippen molar-refractivity contribution >= 4 is 16.9 Å². The molecule has 0 spiro atoms. The van der Waals surface area contributed by atoms with E-state index >= 15 is 0 Å². The van der Waals surface area contributed by atoms with E-state index in [1.54, 1.807) is 6.26 Å². The van der Waals surface area contributed by atoms with Crippen LogP contribution in [0.2, 0.25) is 0 Å². The molecule has 136 valence electrons. The summed E-state index contributed by atoms with van der Waals surface area (Å²) in [6, 6.07) is 4.25. The molecule has 4 heteroatoms. The van der Waals surface area contributed by atoms with Crippen molar-refractivity contribution < 1.29 is 13.9 Å². The molecule has 0 unspecified atom stereocenters. The van der Waals surface area contributed by atoms with Gasteiger partial charge in [-0.3, -0.25) is 4.79 Å². The number of carbonyl (C=O) groups is 1. The van der Waals surface area contributed by atoms with Gasteiger partial charge in [-0.15, -0.1) is 0 Å². The zero-order chi connectivity index (χ0) is 17.8. The third kappa shape index (κ3) is 4.85. The van der Waals surface area contributed by atoms with Crippen LogP contribution in [0.5, 0.6) is 0 Å². The molecule has 0 aliphatic heterocycles.